The Balaban J connectivity index is 1.68. The van der Waals surface area contributed by atoms with E-state index in [0.717, 1.165) is 36.0 Å². The van der Waals surface area contributed by atoms with Crippen molar-refractivity contribution in [1.82, 2.24) is 4.72 Å². The monoisotopic (exact) mass is 537 g/mol. The lowest BCUT2D eigenvalue weighted by atomic mass is 9.87. The summed E-state index contributed by atoms with van der Waals surface area (Å²) in [5, 5.41) is 9.43. The number of aryl methyl sites for hydroxylation is 2. The number of carbonyl (C=O) groups is 2. The number of carboxylic acid groups (broad SMARTS) is 1. The van der Waals surface area contributed by atoms with Crippen LogP contribution in [0.15, 0.2) is 65.6 Å². The molecule has 1 unspecified atom stereocenters. The zero-order valence-electron chi connectivity index (χ0n) is 21.4. The van der Waals surface area contributed by atoms with Crippen LogP contribution in [0.25, 0.3) is 0 Å². The van der Waals surface area contributed by atoms with Gasteiger partial charge in [-0.2, -0.15) is 0 Å². The highest BCUT2D eigenvalue weighted by molar-refractivity contribution is 7.90. The zero-order chi connectivity index (χ0) is 27.3. The third-order valence-electron chi connectivity index (χ3n) is 6.52. The molecule has 0 saturated heterocycles. The van der Waals surface area contributed by atoms with Gasteiger partial charge in [-0.1, -0.05) is 51.0 Å². The van der Waals surface area contributed by atoms with Crippen LogP contribution < -0.4 is 14.2 Å². The number of ether oxygens (including phenoxy) is 2. The molecule has 2 N–H and O–H groups in total. The Labute approximate surface area is 222 Å². The highest BCUT2D eigenvalue weighted by Gasteiger charge is 2.29. The smallest absolute Gasteiger partial charge is 0.335 e. The summed E-state index contributed by atoms with van der Waals surface area (Å²) in [4.78, 5) is 25.1. The molecule has 200 valence electrons. The summed E-state index contributed by atoms with van der Waals surface area (Å²) in [6, 6.07) is 16.4. The van der Waals surface area contributed by atoms with Gasteiger partial charge in [0.15, 0.2) is 11.5 Å². The van der Waals surface area contributed by atoms with Crippen molar-refractivity contribution in [3.8, 4) is 11.5 Å². The van der Waals surface area contributed by atoms with E-state index in [-0.39, 0.29) is 23.7 Å². The molecule has 1 heterocycles. The second kappa shape index (κ2) is 11.7. The molecule has 0 radical (unpaired) electrons. The topological polar surface area (TPSA) is 119 Å². The predicted octanol–water partition coefficient (Wildman–Crippen LogP) is 4.85. The van der Waals surface area contributed by atoms with Crippen LogP contribution in [0.3, 0.4) is 0 Å². The highest BCUT2D eigenvalue weighted by Crippen LogP contribution is 2.36. The molecule has 8 nitrogen and oxygen atoms in total. The lowest BCUT2D eigenvalue weighted by molar-refractivity contribution is -0.120. The number of fused-ring (bicyclic) bond motifs is 1. The van der Waals surface area contributed by atoms with E-state index in [1.807, 2.05) is 13.8 Å². The van der Waals surface area contributed by atoms with Crippen molar-refractivity contribution in [1.29, 1.82) is 0 Å². The molecular formula is C29H31NO7S. The van der Waals surface area contributed by atoms with Crippen molar-refractivity contribution in [3.05, 3.63) is 88.5 Å². The predicted molar refractivity (Wildman–Crippen MR) is 142 cm³/mol. The van der Waals surface area contributed by atoms with Gasteiger partial charge in [-0.25, -0.2) is 17.9 Å². The van der Waals surface area contributed by atoms with Gasteiger partial charge < -0.3 is 14.6 Å². The van der Waals surface area contributed by atoms with E-state index in [9.17, 15) is 23.1 Å². The molecule has 4 rings (SSSR count). The highest BCUT2D eigenvalue weighted by atomic mass is 32.2. The van der Waals surface area contributed by atoms with Gasteiger partial charge in [0.1, 0.15) is 0 Å². The average Bonchev–Trinajstić information content (AvgIpc) is 3.36. The minimum absolute atomic E-state index is 0.00706. The van der Waals surface area contributed by atoms with Gasteiger partial charge in [-0.3, -0.25) is 4.79 Å². The Morgan fingerprint density at radius 3 is 2.29 bits per heavy atom. The summed E-state index contributed by atoms with van der Waals surface area (Å²) in [7, 11) is -4.12. The maximum absolute atomic E-state index is 13.6. The zero-order valence-corrected chi connectivity index (χ0v) is 22.2. The van der Waals surface area contributed by atoms with Crippen molar-refractivity contribution >= 4 is 21.9 Å². The van der Waals surface area contributed by atoms with Crippen LogP contribution >= 0.6 is 0 Å². The molecule has 3 aromatic rings. The second-order valence-electron chi connectivity index (χ2n) is 9.27. The minimum atomic E-state index is -4.12. The van der Waals surface area contributed by atoms with E-state index < -0.39 is 27.8 Å². The summed E-state index contributed by atoms with van der Waals surface area (Å²) < 4.78 is 39.4. The number of carbonyl (C=O) groups excluding carboxylic acids is 1. The molecule has 0 spiro atoms. The Morgan fingerprint density at radius 2 is 1.61 bits per heavy atom. The fourth-order valence-electron chi connectivity index (χ4n) is 4.56. The van der Waals surface area contributed by atoms with Crippen LogP contribution in [0.1, 0.15) is 65.2 Å². The molecule has 38 heavy (non-hydrogen) atoms. The van der Waals surface area contributed by atoms with Crippen LogP contribution in [0.4, 0.5) is 0 Å². The van der Waals surface area contributed by atoms with Crippen molar-refractivity contribution in [2.75, 3.05) is 6.79 Å². The second-order valence-corrected chi connectivity index (χ2v) is 11.0. The fraction of sp³-hybridized carbons (Fsp3) is 0.310. The van der Waals surface area contributed by atoms with Gasteiger partial charge in [-0.15, -0.1) is 0 Å². The molecule has 0 aliphatic carbocycles. The number of sulfonamides is 1. The van der Waals surface area contributed by atoms with E-state index in [0.29, 0.717) is 23.5 Å². The third kappa shape index (κ3) is 6.16. The van der Waals surface area contributed by atoms with Crippen molar-refractivity contribution < 1.29 is 32.6 Å². The number of benzene rings is 3. The number of hydrogen-bond acceptors (Lipinski definition) is 6. The molecule has 0 fully saturated rings. The molecule has 9 heteroatoms. The van der Waals surface area contributed by atoms with Crippen LogP contribution in [0.5, 0.6) is 11.5 Å². The first-order valence-electron chi connectivity index (χ1n) is 12.6. The normalized spacial score (nSPS) is 13.2. The summed E-state index contributed by atoms with van der Waals surface area (Å²) >= 11 is 0. The van der Waals surface area contributed by atoms with Gasteiger partial charge in [0, 0.05) is 0 Å². The maximum Gasteiger partial charge on any atom is 0.335 e. The summed E-state index contributed by atoms with van der Waals surface area (Å²) in [6.45, 7) is 4.09. The molecule has 0 aromatic heterocycles. The van der Waals surface area contributed by atoms with Crippen molar-refractivity contribution in [3.63, 3.8) is 0 Å². The third-order valence-corrected chi connectivity index (χ3v) is 7.88. The van der Waals surface area contributed by atoms with E-state index in [2.05, 4.69) is 4.72 Å². The number of nitrogens with one attached hydrogen (secondary N) is 1. The number of aromatic carboxylic acids is 1. The molecule has 3 aromatic carbocycles. The number of carboxylic acids is 1. The van der Waals surface area contributed by atoms with Crippen LogP contribution in [-0.2, 0) is 34.1 Å². The minimum Gasteiger partial charge on any atom is -0.478 e. The van der Waals surface area contributed by atoms with Gasteiger partial charge in [-0.05, 0) is 77.9 Å². The summed E-state index contributed by atoms with van der Waals surface area (Å²) in [6.07, 6.45) is 3.34. The van der Waals surface area contributed by atoms with Crippen molar-refractivity contribution in [2.24, 2.45) is 0 Å². The van der Waals surface area contributed by atoms with E-state index in [4.69, 9.17) is 9.47 Å². The number of rotatable bonds is 11. The van der Waals surface area contributed by atoms with Crippen LogP contribution in [-0.4, -0.2) is 32.2 Å². The first-order valence-corrected chi connectivity index (χ1v) is 14.1. The first kappa shape index (κ1) is 27.2. The molecule has 1 aliphatic rings. The summed E-state index contributed by atoms with van der Waals surface area (Å²) in [5.74, 6) is -1.58. The lowest BCUT2D eigenvalue weighted by Gasteiger charge is -2.20. The van der Waals surface area contributed by atoms with E-state index in [1.165, 1.54) is 18.2 Å². The quantitative estimate of drug-likeness (QED) is 0.359. The first-order chi connectivity index (χ1) is 18.2. The average molecular weight is 538 g/mol. The lowest BCUT2D eigenvalue weighted by Crippen LogP contribution is -2.35. The SMILES string of the molecule is CCCc1ccc(S(=O)(=O)NC(=O)C(Cc2ccc(C(=O)O)cc2CCC)c2ccc3c(c2)OCO3)cc1. The van der Waals surface area contributed by atoms with Gasteiger partial charge in [0.05, 0.1) is 16.4 Å². The van der Waals surface area contributed by atoms with E-state index in [1.54, 1.807) is 42.5 Å². The Bertz CT molecular complexity index is 1430. The summed E-state index contributed by atoms with van der Waals surface area (Å²) in [5.41, 5.74) is 3.32. The molecule has 1 atom stereocenters. The van der Waals surface area contributed by atoms with Crippen LogP contribution in [0.2, 0.25) is 0 Å². The van der Waals surface area contributed by atoms with Gasteiger partial charge >= 0.3 is 5.97 Å². The fourth-order valence-corrected chi connectivity index (χ4v) is 5.58. The molecule has 1 aliphatic heterocycles. The molecule has 1 amide bonds. The van der Waals surface area contributed by atoms with E-state index >= 15 is 0 Å². The molecule has 0 bridgehead atoms. The Morgan fingerprint density at radius 1 is 0.895 bits per heavy atom. The maximum atomic E-state index is 13.6. The Kier molecular flexibility index (Phi) is 8.36. The van der Waals surface area contributed by atoms with Crippen molar-refractivity contribution in [2.45, 2.75) is 56.8 Å². The van der Waals surface area contributed by atoms with Gasteiger partial charge in [0.25, 0.3) is 10.0 Å². The largest absolute Gasteiger partial charge is 0.478 e. The van der Waals surface area contributed by atoms with Gasteiger partial charge in [0.2, 0.25) is 12.7 Å². The standard InChI is InChI=1S/C29H31NO7S/c1-3-5-19-7-12-24(13-8-19)38(34,35)30-28(31)25(22-11-14-26-27(17-22)37-18-36-26)16-21-9-10-23(29(32)33)15-20(21)6-4-2/h7-15,17,25H,3-6,16,18H2,1-2H3,(H,30,31)(H,32,33). The number of amides is 1. The Hall–Kier alpha value is -3.85. The molecule has 0 saturated carbocycles. The number of hydrogen-bond donors (Lipinski definition) is 2. The molecular weight excluding hydrogens is 506 g/mol. The van der Waals surface area contributed by atoms with Crippen LogP contribution in [0, 0.1) is 0 Å².